The third-order valence-electron chi connectivity index (χ3n) is 4.39. The maximum absolute atomic E-state index is 12.8. The Morgan fingerprint density at radius 2 is 2.13 bits per heavy atom. The minimum atomic E-state index is 0.0673. The highest BCUT2D eigenvalue weighted by Crippen LogP contribution is 2.24. The molecular formula is C19H22N2O2. The lowest BCUT2D eigenvalue weighted by Gasteiger charge is -2.32. The number of ketones is 1. The van der Waals surface area contributed by atoms with Gasteiger partial charge in [-0.1, -0.05) is 12.1 Å². The van der Waals surface area contributed by atoms with Crippen LogP contribution in [-0.2, 0) is 6.54 Å². The van der Waals surface area contributed by atoms with Gasteiger partial charge in [-0.15, -0.1) is 0 Å². The minimum absolute atomic E-state index is 0.0673. The lowest BCUT2D eigenvalue weighted by atomic mass is 9.89. The fourth-order valence-electron chi connectivity index (χ4n) is 3.17. The van der Waals surface area contributed by atoms with Crippen molar-refractivity contribution in [3.05, 3.63) is 59.9 Å². The van der Waals surface area contributed by atoms with E-state index in [1.807, 2.05) is 48.8 Å². The number of benzene rings is 1. The van der Waals surface area contributed by atoms with Gasteiger partial charge in [-0.2, -0.15) is 0 Å². The van der Waals surface area contributed by atoms with Gasteiger partial charge in [0.25, 0.3) is 0 Å². The van der Waals surface area contributed by atoms with Crippen molar-refractivity contribution in [2.75, 3.05) is 20.2 Å². The van der Waals surface area contributed by atoms with Crippen LogP contribution in [0.15, 0.2) is 48.8 Å². The Hall–Kier alpha value is -2.20. The molecular weight excluding hydrogens is 288 g/mol. The summed E-state index contributed by atoms with van der Waals surface area (Å²) in [5.74, 6) is 1.03. The standard InChI is InChI=1S/C19H22N2O2/c1-23-18-6-2-4-16(12-18)19(22)17-5-3-11-21(14-17)13-15-7-9-20-10-8-15/h2,4,6-10,12,17H,3,5,11,13-14H2,1H3/t17-/m1/s1. The van der Waals surface area contributed by atoms with Crippen LogP contribution in [0.3, 0.4) is 0 Å². The number of pyridine rings is 1. The quantitative estimate of drug-likeness (QED) is 0.796. The Morgan fingerprint density at radius 3 is 2.91 bits per heavy atom. The first-order valence-corrected chi connectivity index (χ1v) is 8.06. The zero-order chi connectivity index (χ0) is 16.1. The number of ether oxygens (including phenoxy) is 1. The second-order valence-corrected chi connectivity index (χ2v) is 6.03. The summed E-state index contributed by atoms with van der Waals surface area (Å²) in [6.45, 7) is 2.74. The number of nitrogens with zero attached hydrogens (tertiary/aromatic N) is 2. The van der Waals surface area contributed by atoms with Crippen LogP contribution in [0.4, 0.5) is 0 Å². The summed E-state index contributed by atoms with van der Waals surface area (Å²) >= 11 is 0. The van der Waals surface area contributed by atoms with E-state index in [-0.39, 0.29) is 11.7 Å². The number of carbonyl (C=O) groups excluding carboxylic acids is 1. The van der Waals surface area contributed by atoms with E-state index in [1.165, 1.54) is 5.56 Å². The van der Waals surface area contributed by atoms with Crippen LogP contribution in [0.25, 0.3) is 0 Å². The van der Waals surface area contributed by atoms with Gasteiger partial charge in [-0.05, 0) is 49.2 Å². The van der Waals surface area contributed by atoms with Crippen molar-refractivity contribution in [1.82, 2.24) is 9.88 Å². The van der Waals surface area contributed by atoms with Gasteiger partial charge in [0, 0.05) is 37.0 Å². The molecule has 0 bridgehead atoms. The normalized spacial score (nSPS) is 18.6. The molecule has 3 rings (SSSR count). The number of carbonyl (C=O) groups is 1. The number of Topliss-reactive ketones (excluding diaryl/α,β-unsaturated/α-hetero) is 1. The Kier molecular flexibility index (Phi) is 5.03. The first-order chi connectivity index (χ1) is 11.3. The molecule has 1 fully saturated rings. The average Bonchev–Trinajstić information content (AvgIpc) is 2.62. The summed E-state index contributed by atoms with van der Waals surface area (Å²) in [5.41, 5.74) is 1.99. The van der Waals surface area contributed by atoms with Crippen molar-refractivity contribution < 1.29 is 9.53 Å². The lowest BCUT2D eigenvalue weighted by molar-refractivity contribution is 0.0811. The molecule has 0 spiro atoms. The van der Waals surface area contributed by atoms with Gasteiger partial charge >= 0.3 is 0 Å². The Bertz CT molecular complexity index is 657. The van der Waals surface area contributed by atoms with Gasteiger partial charge in [0.1, 0.15) is 5.75 Å². The molecule has 4 heteroatoms. The van der Waals surface area contributed by atoms with Gasteiger partial charge in [0.15, 0.2) is 5.78 Å². The van der Waals surface area contributed by atoms with Crippen LogP contribution in [-0.4, -0.2) is 35.9 Å². The van der Waals surface area contributed by atoms with Crippen LogP contribution in [0.5, 0.6) is 5.75 Å². The second kappa shape index (κ2) is 7.38. The average molecular weight is 310 g/mol. The van der Waals surface area contributed by atoms with E-state index < -0.39 is 0 Å². The van der Waals surface area contributed by atoms with Gasteiger partial charge < -0.3 is 4.74 Å². The summed E-state index contributed by atoms with van der Waals surface area (Å²) in [5, 5.41) is 0. The fraction of sp³-hybridized carbons (Fsp3) is 0.368. The number of methoxy groups -OCH3 is 1. The van der Waals surface area contributed by atoms with E-state index in [0.717, 1.165) is 43.8 Å². The molecule has 0 aliphatic carbocycles. The molecule has 1 aliphatic heterocycles. The third-order valence-corrected chi connectivity index (χ3v) is 4.39. The summed E-state index contributed by atoms with van der Waals surface area (Å²) in [7, 11) is 1.63. The van der Waals surface area contributed by atoms with Crippen LogP contribution >= 0.6 is 0 Å². The molecule has 1 aromatic heterocycles. The maximum Gasteiger partial charge on any atom is 0.167 e. The van der Waals surface area contributed by atoms with Crippen molar-refractivity contribution in [1.29, 1.82) is 0 Å². The molecule has 2 aromatic rings. The molecule has 120 valence electrons. The largest absolute Gasteiger partial charge is 0.497 e. The molecule has 23 heavy (non-hydrogen) atoms. The monoisotopic (exact) mass is 310 g/mol. The molecule has 0 N–H and O–H groups in total. The number of hydrogen-bond acceptors (Lipinski definition) is 4. The van der Waals surface area contributed by atoms with Crippen molar-refractivity contribution in [2.45, 2.75) is 19.4 Å². The van der Waals surface area contributed by atoms with E-state index in [0.29, 0.717) is 0 Å². The highest BCUT2D eigenvalue weighted by atomic mass is 16.5. The Morgan fingerprint density at radius 1 is 1.30 bits per heavy atom. The van der Waals surface area contributed by atoms with E-state index in [4.69, 9.17) is 4.74 Å². The smallest absolute Gasteiger partial charge is 0.167 e. The fourth-order valence-corrected chi connectivity index (χ4v) is 3.17. The summed E-state index contributed by atoms with van der Waals surface area (Å²) in [4.78, 5) is 19.2. The molecule has 0 radical (unpaired) electrons. The predicted molar refractivity (Wildman–Crippen MR) is 89.6 cm³/mol. The van der Waals surface area contributed by atoms with E-state index in [2.05, 4.69) is 9.88 Å². The highest BCUT2D eigenvalue weighted by Gasteiger charge is 2.26. The lowest BCUT2D eigenvalue weighted by Crippen LogP contribution is -2.38. The van der Waals surface area contributed by atoms with Crippen LogP contribution in [0, 0.1) is 5.92 Å². The van der Waals surface area contributed by atoms with Gasteiger partial charge in [-0.3, -0.25) is 14.7 Å². The van der Waals surface area contributed by atoms with Crippen molar-refractivity contribution in [3.8, 4) is 5.75 Å². The molecule has 2 heterocycles. The number of aromatic nitrogens is 1. The number of rotatable bonds is 5. The molecule has 0 unspecified atom stereocenters. The van der Waals surface area contributed by atoms with Crippen LogP contribution in [0.1, 0.15) is 28.8 Å². The van der Waals surface area contributed by atoms with Crippen molar-refractivity contribution in [3.63, 3.8) is 0 Å². The van der Waals surface area contributed by atoms with Crippen molar-refractivity contribution in [2.24, 2.45) is 5.92 Å². The molecule has 1 aromatic carbocycles. The second-order valence-electron chi connectivity index (χ2n) is 6.03. The molecule has 1 atom stereocenters. The summed E-state index contributed by atoms with van der Waals surface area (Å²) < 4.78 is 5.22. The SMILES string of the molecule is COc1cccc(C(=O)[C@@H]2CCCN(Cc3ccncc3)C2)c1. The van der Waals surface area contributed by atoms with E-state index in [9.17, 15) is 4.79 Å². The van der Waals surface area contributed by atoms with E-state index in [1.54, 1.807) is 7.11 Å². The maximum atomic E-state index is 12.8. The van der Waals surface area contributed by atoms with Gasteiger partial charge in [0.2, 0.25) is 0 Å². The molecule has 0 saturated carbocycles. The molecule has 0 amide bonds. The molecule has 4 nitrogen and oxygen atoms in total. The molecule has 1 saturated heterocycles. The minimum Gasteiger partial charge on any atom is -0.497 e. The van der Waals surface area contributed by atoms with E-state index >= 15 is 0 Å². The summed E-state index contributed by atoms with van der Waals surface area (Å²) in [6, 6.07) is 11.5. The molecule has 1 aliphatic rings. The van der Waals surface area contributed by atoms with Crippen LogP contribution < -0.4 is 4.74 Å². The predicted octanol–water partition coefficient (Wildman–Crippen LogP) is 3.19. The topological polar surface area (TPSA) is 42.4 Å². The third kappa shape index (κ3) is 3.96. The number of likely N-dealkylation sites (tertiary alicyclic amines) is 1. The van der Waals surface area contributed by atoms with Crippen LogP contribution in [0.2, 0.25) is 0 Å². The first kappa shape index (κ1) is 15.7. The highest BCUT2D eigenvalue weighted by molar-refractivity contribution is 5.98. The Balaban J connectivity index is 1.66. The Labute approximate surface area is 137 Å². The first-order valence-electron chi connectivity index (χ1n) is 8.06. The number of hydrogen-bond donors (Lipinski definition) is 0. The van der Waals surface area contributed by atoms with Gasteiger partial charge in [0.05, 0.1) is 7.11 Å². The van der Waals surface area contributed by atoms with Crippen molar-refractivity contribution >= 4 is 5.78 Å². The van der Waals surface area contributed by atoms with Gasteiger partial charge in [-0.25, -0.2) is 0 Å². The zero-order valence-electron chi connectivity index (χ0n) is 13.4. The summed E-state index contributed by atoms with van der Waals surface area (Å²) in [6.07, 6.45) is 5.66. The number of piperidine rings is 1. The zero-order valence-corrected chi connectivity index (χ0v) is 13.4.